The van der Waals surface area contributed by atoms with Gasteiger partial charge in [0.1, 0.15) is 0 Å². The molecule has 15 heavy (non-hydrogen) atoms. The molecule has 0 amide bonds. The van der Waals surface area contributed by atoms with E-state index in [0.29, 0.717) is 0 Å². The van der Waals surface area contributed by atoms with Crippen molar-refractivity contribution in [1.82, 2.24) is 0 Å². The monoisotopic (exact) mass is 202 g/mol. The number of aryl methyl sites for hydroxylation is 1. The molecular weight excluding hydrogens is 180 g/mol. The molecule has 0 aliphatic heterocycles. The SMILES string of the molecule is CC/C(=C\c1ccccc1C)C(C)(C)C. The first-order valence-electron chi connectivity index (χ1n) is 5.72. The fraction of sp³-hybridized carbons (Fsp3) is 0.467. The van der Waals surface area contributed by atoms with Gasteiger partial charge in [-0.25, -0.2) is 0 Å². The summed E-state index contributed by atoms with van der Waals surface area (Å²) in [6.45, 7) is 11.2. The lowest BCUT2D eigenvalue weighted by molar-refractivity contribution is 0.492. The standard InChI is InChI=1S/C15H22/c1-6-14(15(3,4)5)11-13-10-8-7-9-12(13)2/h7-11H,6H2,1-5H3/b14-11+. The van der Waals surface area contributed by atoms with E-state index >= 15 is 0 Å². The molecule has 0 aromatic heterocycles. The van der Waals surface area contributed by atoms with Crippen LogP contribution in [0.2, 0.25) is 0 Å². The second-order valence-electron chi connectivity index (χ2n) is 5.13. The molecule has 0 nitrogen and oxygen atoms in total. The van der Waals surface area contributed by atoms with Gasteiger partial charge in [-0.15, -0.1) is 0 Å². The highest BCUT2D eigenvalue weighted by molar-refractivity contribution is 5.57. The van der Waals surface area contributed by atoms with Crippen LogP contribution in [0.15, 0.2) is 29.8 Å². The summed E-state index contributed by atoms with van der Waals surface area (Å²) in [5, 5.41) is 0. The molecule has 0 aliphatic carbocycles. The van der Waals surface area contributed by atoms with E-state index in [4.69, 9.17) is 0 Å². The quantitative estimate of drug-likeness (QED) is 0.644. The second kappa shape index (κ2) is 4.65. The van der Waals surface area contributed by atoms with E-state index in [9.17, 15) is 0 Å². The van der Waals surface area contributed by atoms with Crippen LogP contribution >= 0.6 is 0 Å². The number of allylic oxidation sites excluding steroid dienone is 1. The first kappa shape index (κ1) is 12.0. The molecule has 82 valence electrons. The van der Waals surface area contributed by atoms with Crippen LogP contribution in [0, 0.1) is 12.3 Å². The molecule has 1 aromatic rings. The summed E-state index contributed by atoms with van der Waals surface area (Å²) in [6, 6.07) is 8.56. The molecule has 1 aromatic carbocycles. The summed E-state index contributed by atoms with van der Waals surface area (Å²) in [4.78, 5) is 0. The molecule has 0 fully saturated rings. The van der Waals surface area contributed by atoms with Crippen molar-refractivity contribution in [3.8, 4) is 0 Å². The molecule has 0 unspecified atom stereocenters. The van der Waals surface area contributed by atoms with Crippen LogP contribution in [0.1, 0.15) is 45.2 Å². The van der Waals surface area contributed by atoms with Gasteiger partial charge in [0.05, 0.1) is 0 Å². The predicted octanol–water partition coefficient (Wildman–Crippen LogP) is 4.83. The van der Waals surface area contributed by atoms with Gasteiger partial charge in [0.15, 0.2) is 0 Å². The maximum Gasteiger partial charge on any atom is -0.0170 e. The van der Waals surface area contributed by atoms with E-state index < -0.39 is 0 Å². The largest absolute Gasteiger partial charge is 0.0645 e. The number of hydrogen-bond donors (Lipinski definition) is 0. The van der Waals surface area contributed by atoms with Crippen molar-refractivity contribution >= 4 is 6.08 Å². The average molecular weight is 202 g/mol. The van der Waals surface area contributed by atoms with Crippen molar-refractivity contribution in [1.29, 1.82) is 0 Å². The van der Waals surface area contributed by atoms with Gasteiger partial charge >= 0.3 is 0 Å². The first-order valence-corrected chi connectivity index (χ1v) is 5.72. The Kier molecular flexibility index (Phi) is 3.73. The van der Waals surface area contributed by atoms with Gasteiger partial charge < -0.3 is 0 Å². The van der Waals surface area contributed by atoms with E-state index in [0.717, 1.165) is 6.42 Å². The van der Waals surface area contributed by atoms with Crippen molar-refractivity contribution in [3.63, 3.8) is 0 Å². The van der Waals surface area contributed by atoms with Gasteiger partial charge in [-0.05, 0) is 29.9 Å². The summed E-state index contributed by atoms with van der Waals surface area (Å²) in [7, 11) is 0. The van der Waals surface area contributed by atoms with Crippen LogP contribution in [0.4, 0.5) is 0 Å². The smallest absolute Gasteiger partial charge is 0.0170 e. The minimum absolute atomic E-state index is 0.275. The highest BCUT2D eigenvalue weighted by atomic mass is 14.2. The van der Waals surface area contributed by atoms with Crippen molar-refractivity contribution in [2.24, 2.45) is 5.41 Å². The predicted molar refractivity (Wildman–Crippen MR) is 68.9 cm³/mol. The van der Waals surface area contributed by atoms with Crippen LogP contribution in [0.5, 0.6) is 0 Å². The zero-order valence-electron chi connectivity index (χ0n) is 10.6. The number of rotatable bonds is 2. The molecule has 0 radical (unpaired) electrons. The summed E-state index contributed by atoms with van der Waals surface area (Å²) < 4.78 is 0. The van der Waals surface area contributed by atoms with Crippen LogP contribution in [0.3, 0.4) is 0 Å². The van der Waals surface area contributed by atoms with Gasteiger partial charge in [-0.1, -0.05) is 63.6 Å². The Morgan fingerprint density at radius 3 is 2.27 bits per heavy atom. The fourth-order valence-corrected chi connectivity index (χ4v) is 1.79. The van der Waals surface area contributed by atoms with Crippen molar-refractivity contribution < 1.29 is 0 Å². The normalized spacial score (nSPS) is 13.0. The Morgan fingerprint density at radius 1 is 1.20 bits per heavy atom. The molecular formula is C15H22. The fourth-order valence-electron chi connectivity index (χ4n) is 1.79. The molecule has 1 rings (SSSR count). The molecule has 0 N–H and O–H groups in total. The summed E-state index contributed by atoms with van der Waals surface area (Å²) >= 11 is 0. The van der Waals surface area contributed by atoms with Crippen molar-refractivity contribution in [3.05, 3.63) is 41.0 Å². The third-order valence-corrected chi connectivity index (χ3v) is 2.86. The van der Waals surface area contributed by atoms with Crippen LogP contribution in [-0.4, -0.2) is 0 Å². The van der Waals surface area contributed by atoms with Crippen LogP contribution in [0.25, 0.3) is 6.08 Å². The number of benzene rings is 1. The lowest BCUT2D eigenvalue weighted by atomic mass is 9.83. The Morgan fingerprint density at radius 2 is 1.80 bits per heavy atom. The Hall–Kier alpha value is -1.04. The molecule has 0 spiro atoms. The Bertz CT molecular complexity index is 351. The van der Waals surface area contributed by atoms with E-state index in [1.807, 2.05) is 0 Å². The topological polar surface area (TPSA) is 0 Å². The van der Waals surface area contributed by atoms with E-state index in [2.05, 4.69) is 65.0 Å². The summed E-state index contributed by atoms with van der Waals surface area (Å²) in [5.41, 5.74) is 4.49. The highest BCUT2D eigenvalue weighted by Gasteiger charge is 2.15. The molecule has 0 aliphatic rings. The lowest BCUT2D eigenvalue weighted by Crippen LogP contribution is -2.08. The third-order valence-electron chi connectivity index (χ3n) is 2.86. The van der Waals surface area contributed by atoms with Crippen LogP contribution in [-0.2, 0) is 0 Å². The molecule has 0 heteroatoms. The molecule has 0 bridgehead atoms. The van der Waals surface area contributed by atoms with Gasteiger partial charge in [0.25, 0.3) is 0 Å². The van der Waals surface area contributed by atoms with Gasteiger partial charge in [0, 0.05) is 0 Å². The van der Waals surface area contributed by atoms with Gasteiger partial charge in [-0.2, -0.15) is 0 Å². The van der Waals surface area contributed by atoms with E-state index in [1.54, 1.807) is 0 Å². The van der Waals surface area contributed by atoms with Gasteiger partial charge in [0.2, 0.25) is 0 Å². The highest BCUT2D eigenvalue weighted by Crippen LogP contribution is 2.30. The number of hydrogen-bond acceptors (Lipinski definition) is 0. The van der Waals surface area contributed by atoms with E-state index in [-0.39, 0.29) is 5.41 Å². The maximum atomic E-state index is 2.34. The minimum Gasteiger partial charge on any atom is -0.0645 e. The van der Waals surface area contributed by atoms with Gasteiger partial charge in [-0.3, -0.25) is 0 Å². The molecule has 0 atom stereocenters. The second-order valence-corrected chi connectivity index (χ2v) is 5.13. The van der Waals surface area contributed by atoms with Crippen molar-refractivity contribution in [2.75, 3.05) is 0 Å². The maximum absolute atomic E-state index is 2.34. The van der Waals surface area contributed by atoms with Crippen LogP contribution < -0.4 is 0 Å². The molecule has 0 saturated carbocycles. The third kappa shape index (κ3) is 3.23. The minimum atomic E-state index is 0.275. The molecule has 0 saturated heterocycles. The Balaban J connectivity index is 3.10. The Labute approximate surface area is 94.0 Å². The summed E-state index contributed by atoms with van der Waals surface area (Å²) in [5.74, 6) is 0. The average Bonchev–Trinajstić information content (AvgIpc) is 2.14. The zero-order chi connectivity index (χ0) is 11.5. The molecule has 0 heterocycles. The van der Waals surface area contributed by atoms with E-state index in [1.165, 1.54) is 16.7 Å². The summed E-state index contributed by atoms with van der Waals surface area (Å²) in [6.07, 6.45) is 3.47. The first-order chi connectivity index (χ1) is 6.95. The zero-order valence-corrected chi connectivity index (χ0v) is 10.6. The van der Waals surface area contributed by atoms with Crippen molar-refractivity contribution in [2.45, 2.75) is 41.0 Å². The lowest BCUT2D eigenvalue weighted by Gasteiger charge is -2.22.